The van der Waals surface area contributed by atoms with Crippen molar-refractivity contribution in [3.63, 3.8) is 0 Å². The Balaban J connectivity index is 1.57. The minimum Gasteiger partial charge on any atom is -0.302 e. The van der Waals surface area contributed by atoms with Gasteiger partial charge in [0, 0.05) is 30.6 Å². The molecule has 0 unspecified atom stereocenters. The molecule has 0 spiro atoms. The Morgan fingerprint density at radius 2 is 1.88 bits per heavy atom. The number of halogens is 1. The molecule has 25 heavy (non-hydrogen) atoms. The van der Waals surface area contributed by atoms with Crippen LogP contribution in [0.25, 0.3) is 0 Å². The van der Waals surface area contributed by atoms with Gasteiger partial charge in [0.2, 0.25) is 5.91 Å². The number of fused-ring (bicyclic) bond motifs is 1. The lowest BCUT2D eigenvalue weighted by atomic mass is 10.1. The molecule has 3 amide bonds. The van der Waals surface area contributed by atoms with Crippen LogP contribution < -0.4 is 5.32 Å². The van der Waals surface area contributed by atoms with Gasteiger partial charge in [0.1, 0.15) is 0 Å². The van der Waals surface area contributed by atoms with E-state index < -0.39 is 0 Å². The molecule has 1 aromatic heterocycles. The van der Waals surface area contributed by atoms with Crippen molar-refractivity contribution in [1.82, 2.24) is 9.88 Å². The fourth-order valence-corrected chi connectivity index (χ4v) is 3.45. The molecule has 1 aliphatic rings. The number of hydrogen-bond donors (Lipinski definition) is 1. The summed E-state index contributed by atoms with van der Waals surface area (Å²) in [5.74, 6) is -0.227. The van der Waals surface area contributed by atoms with Crippen molar-refractivity contribution in [2.24, 2.45) is 0 Å². The number of anilines is 1. The highest BCUT2D eigenvalue weighted by Crippen LogP contribution is 2.23. The summed E-state index contributed by atoms with van der Waals surface area (Å²) in [6.45, 7) is 0.260. The van der Waals surface area contributed by atoms with Crippen molar-refractivity contribution >= 4 is 45.8 Å². The average Bonchev–Trinajstić information content (AvgIpc) is 3.15. The lowest BCUT2D eigenvalue weighted by Gasteiger charge is -2.12. The van der Waals surface area contributed by atoms with Crippen LogP contribution in [0.4, 0.5) is 5.13 Å². The van der Waals surface area contributed by atoms with Gasteiger partial charge in [-0.1, -0.05) is 12.1 Å². The molecule has 1 aliphatic heterocycles. The van der Waals surface area contributed by atoms with E-state index in [9.17, 15) is 14.4 Å². The third-order valence-electron chi connectivity index (χ3n) is 3.81. The number of nitrogens with one attached hydrogen (secondary N) is 1. The monoisotopic (exact) mass is 377 g/mol. The molecule has 130 valence electrons. The fourth-order valence-electron chi connectivity index (χ4n) is 2.56. The van der Waals surface area contributed by atoms with Crippen LogP contribution in [-0.2, 0) is 11.2 Å². The van der Waals surface area contributed by atoms with Gasteiger partial charge >= 0.3 is 0 Å². The summed E-state index contributed by atoms with van der Waals surface area (Å²) < 4.78 is 0. The number of benzene rings is 1. The SMILES string of the molecule is O=C(CCCCl)Nc1nc(CCN2C(=O)c3ccccc3C2=O)cs1. The van der Waals surface area contributed by atoms with Gasteiger partial charge in [-0.15, -0.1) is 22.9 Å². The quantitative estimate of drug-likeness (QED) is 0.594. The first-order chi connectivity index (χ1) is 12.1. The van der Waals surface area contributed by atoms with Crippen LogP contribution >= 0.6 is 22.9 Å². The molecule has 1 N–H and O–H groups in total. The number of nitrogens with zero attached hydrogens (tertiary/aromatic N) is 2. The maximum absolute atomic E-state index is 12.3. The van der Waals surface area contributed by atoms with E-state index >= 15 is 0 Å². The van der Waals surface area contributed by atoms with Crippen LogP contribution in [0, 0.1) is 0 Å². The molecule has 2 heterocycles. The van der Waals surface area contributed by atoms with E-state index in [4.69, 9.17) is 11.6 Å². The molecule has 0 radical (unpaired) electrons. The normalized spacial score (nSPS) is 13.2. The van der Waals surface area contributed by atoms with Crippen LogP contribution in [0.5, 0.6) is 0 Å². The van der Waals surface area contributed by atoms with Gasteiger partial charge in [-0.2, -0.15) is 0 Å². The van der Waals surface area contributed by atoms with E-state index in [1.54, 1.807) is 24.3 Å². The van der Waals surface area contributed by atoms with Gasteiger partial charge in [0.05, 0.1) is 16.8 Å². The summed E-state index contributed by atoms with van der Waals surface area (Å²) in [5.41, 5.74) is 1.62. The van der Waals surface area contributed by atoms with Gasteiger partial charge in [-0.05, 0) is 18.6 Å². The van der Waals surface area contributed by atoms with Crippen LogP contribution in [0.3, 0.4) is 0 Å². The maximum Gasteiger partial charge on any atom is 0.261 e. The van der Waals surface area contributed by atoms with Gasteiger partial charge in [0.15, 0.2) is 5.13 Å². The number of hydrogen-bond acceptors (Lipinski definition) is 5. The second-order valence-corrected chi connectivity index (χ2v) is 6.78. The fraction of sp³-hybridized carbons (Fsp3) is 0.294. The van der Waals surface area contributed by atoms with Crippen molar-refractivity contribution in [2.75, 3.05) is 17.7 Å². The van der Waals surface area contributed by atoms with Crippen molar-refractivity contribution in [3.8, 4) is 0 Å². The van der Waals surface area contributed by atoms with Crippen molar-refractivity contribution < 1.29 is 14.4 Å². The number of alkyl halides is 1. The van der Waals surface area contributed by atoms with E-state index in [1.807, 2.05) is 5.38 Å². The molecule has 0 saturated carbocycles. The lowest BCUT2D eigenvalue weighted by Crippen LogP contribution is -2.31. The first-order valence-electron chi connectivity index (χ1n) is 7.85. The van der Waals surface area contributed by atoms with Gasteiger partial charge in [-0.25, -0.2) is 4.98 Å². The zero-order valence-corrected chi connectivity index (χ0v) is 14.9. The first-order valence-corrected chi connectivity index (χ1v) is 9.27. The summed E-state index contributed by atoms with van der Waals surface area (Å²) in [7, 11) is 0. The minimum atomic E-state index is -0.273. The Morgan fingerprint density at radius 1 is 1.20 bits per heavy atom. The predicted octanol–water partition coefficient (Wildman–Crippen LogP) is 2.94. The van der Waals surface area contributed by atoms with E-state index in [-0.39, 0.29) is 24.3 Å². The number of amides is 3. The molecule has 8 heteroatoms. The van der Waals surface area contributed by atoms with E-state index in [2.05, 4.69) is 10.3 Å². The van der Waals surface area contributed by atoms with Crippen molar-refractivity contribution in [2.45, 2.75) is 19.3 Å². The molecule has 2 aromatic rings. The zero-order valence-electron chi connectivity index (χ0n) is 13.3. The number of rotatable bonds is 7. The van der Waals surface area contributed by atoms with Crippen LogP contribution in [-0.4, -0.2) is 40.0 Å². The number of aromatic nitrogens is 1. The third kappa shape index (κ3) is 3.88. The highest BCUT2D eigenvalue weighted by Gasteiger charge is 2.34. The number of imide groups is 1. The molecule has 0 saturated heterocycles. The molecule has 0 fully saturated rings. The maximum atomic E-state index is 12.3. The zero-order chi connectivity index (χ0) is 17.8. The molecule has 1 aromatic carbocycles. The second kappa shape index (κ2) is 7.76. The average molecular weight is 378 g/mol. The minimum absolute atomic E-state index is 0.123. The Bertz CT molecular complexity index is 786. The molecule has 0 atom stereocenters. The summed E-state index contributed by atoms with van der Waals surface area (Å²) in [6, 6.07) is 6.81. The van der Waals surface area contributed by atoms with E-state index in [1.165, 1.54) is 16.2 Å². The Hall–Kier alpha value is -2.25. The van der Waals surface area contributed by atoms with E-state index in [0.29, 0.717) is 41.4 Å². The number of carbonyl (C=O) groups excluding carboxylic acids is 3. The molecule has 3 rings (SSSR count). The van der Waals surface area contributed by atoms with Crippen molar-refractivity contribution in [1.29, 1.82) is 0 Å². The summed E-state index contributed by atoms with van der Waals surface area (Å²) in [6.07, 6.45) is 1.42. The Morgan fingerprint density at radius 3 is 2.52 bits per heavy atom. The molecular weight excluding hydrogens is 362 g/mol. The first kappa shape index (κ1) is 17.6. The largest absolute Gasteiger partial charge is 0.302 e. The molecule has 0 aliphatic carbocycles. The second-order valence-electron chi connectivity index (χ2n) is 5.54. The smallest absolute Gasteiger partial charge is 0.261 e. The van der Waals surface area contributed by atoms with Gasteiger partial charge in [0.25, 0.3) is 11.8 Å². The van der Waals surface area contributed by atoms with Crippen LogP contribution in [0.1, 0.15) is 39.3 Å². The Kier molecular flexibility index (Phi) is 5.45. The van der Waals surface area contributed by atoms with E-state index in [0.717, 1.165) is 5.69 Å². The van der Waals surface area contributed by atoms with Crippen LogP contribution in [0.15, 0.2) is 29.6 Å². The molecule has 6 nitrogen and oxygen atoms in total. The standard InChI is InChI=1S/C17H16ClN3O3S/c18-8-3-6-14(22)20-17-19-11(10-25-17)7-9-21-15(23)12-4-1-2-5-13(12)16(21)24/h1-2,4-5,10H,3,6-9H2,(H,19,20,22). The molecule has 0 bridgehead atoms. The van der Waals surface area contributed by atoms with Gasteiger partial charge in [-0.3, -0.25) is 19.3 Å². The topological polar surface area (TPSA) is 79.4 Å². The van der Waals surface area contributed by atoms with Gasteiger partial charge < -0.3 is 5.32 Å². The highest BCUT2D eigenvalue weighted by atomic mass is 35.5. The van der Waals surface area contributed by atoms with Crippen LogP contribution in [0.2, 0.25) is 0 Å². The highest BCUT2D eigenvalue weighted by molar-refractivity contribution is 7.13. The number of carbonyl (C=O) groups is 3. The van der Waals surface area contributed by atoms with Crippen molar-refractivity contribution in [3.05, 3.63) is 46.5 Å². The molecular formula is C17H16ClN3O3S. The third-order valence-corrected chi connectivity index (χ3v) is 4.88. The summed E-state index contributed by atoms with van der Waals surface area (Å²) >= 11 is 6.88. The summed E-state index contributed by atoms with van der Waals surface area (Å²) in [4.78, 5) is 41.8. The predicted molar refractivity (Wildman–Crippen MR) is 96.2 cm³/mol. The lowest BCUT2D eigenvalue weighted by molar-refractivity contribution is -0.116. The Labute approximate surface area is 153 Å². The number of thiazole rings is 1. The summed E-state index contributed by atoms with van der Waals surface area (Å²) in [5, 5.41) is 5.04.